The molecule has 3 aromatic rings. The molecule has 146 valence electrons. The number of hydrogen-bond acceptors (Lipinski definition) is 2. The highest BCUT2D eigenvalue weighted by atomic mass is 16.5. The Morgan fingerprint density at radius 1 is 0.893 bits per heavy atom. The summed E-state index contributed by atoms with van der Waals surface area (Å²) in [5, 5.41) is 2.45. The molecule has 0 aromatic heterocycles. The minimum Gasteiger partial charge on any atom is -0.496 e. The molecule has 0 fully saturated rings. The van der Waals surface area contributed by atoms with Crippen molar-refractivity contribution in [2.24, 2.45) is 0 Å². The van der Waals surface area contributed by atoms with Gasteiger partial charge in [-0.1, -0.05) is 74.4 Å². The van der Waals surface area contributed by atoms with Crippen molar-refractivity contribution in [3.8, 4) is 11.5 Å². The Bertz CT molecular complexity index is 911. The van der Waals surface area contributed by atoms with Crippen molar-refractivity contribution in [2.75, 3.05) is 13.7 Å². The fourth-order valence-corrected chi connectivity index (χ4v) is 3.39. The van der Waals surface area contributed by atoms with Gasteiger partial charge in [-0.15, -0.1) is 0 Å². The first-order chi connectivity index (χ1) is 13.8. The Labute approximate surface area is 168 Å². The summed E-state index contributed by atoms with van der Waals surface area (Å²) in [6.07, 6.45) is 7.94. The van der Waals surface area contributed by atoms with E-state index in [-0.39, 0.29) is 0 Å². The van der Waals surface area contributed by atoms with Crippen LogP contribution in [0.25, 0.3) is 10.8 Å². The lowest BCUT2D eigenvalue weighted by atomic mass is 10.0. The standard InChI is InChI=1S/C26H30O2/c1-3-4-5-10-21(15-16-23-12-8-9-14-26(23)27-2)20-28-25-18-17-22-11-6-7-13-24(22)19-25/h6-9,11-15,17-19H,3-5,10,16,20H2,1-2H3. The van der Waals surface area contributed by atoms with Crippen molar-refractivity contribution in [3.63, 3.8) is 0 Å². The number of benzene rings is 3. The van der Waals surface area contributed by atoms with E-state index in [2.05, 4.69) is 67.6 Å². The molecule has 0 bridgehead atoms. The molecular weight excluding hydrogens is 344 g/mol. The maximum absolute atomic E-state index is 6.15. The zero-order chi connectivity index (χ0) is 19.6. The highest BCUT2D eigenvalue weighted by molar-refractivity contribution is 5.83. The molecule has 0 aliphatic carbocycles. The first-order valence-electron chi connectivity index (χ1n) is 10.2. The quantitative estimate of drug-likeness (QED) is 0.282. The first kappa shape index (κ1) is 20.0. The summed E-state index contributed by atoms with van der Waals surface area (Å²) in [7, 11) is 1.73. The largest absolute Gasteiger partial charge is 0.496 e. The first-order valence-corrected chi connectivity index (χ1v) is 10.2. The van der Waals surface area contributed by atoms with E-state index in [9.17, 15) is 0 Å². The third kappa shape index (κ3) is 5.63. The predicted molar refractivity (Wildman–Crippen MR) is 118 cm³/mol. The van der Waals surface area contributed by atoms with Gasteiger partial charge in [0, 0.05) is 0 Å². The molecule has 3 rings (SSSR count). The van der Waals surface area contributed by atoms with Crippen LogP contribution in [0.3, 0.4) is 0 Å². The Morgan fingerprint density at radius 2 is 1.68 bits per heavy atom. The lowest BCUT2D eigenvalue weighted by Crippen LogP contribution is -2.03. The fraction of sp³-hybridized carbons (Fsp3) is 0.308. The van der Waals surface area contributed by atoms with E-state index in [4.69, 9.17) is 9.47 Å². The summed E-state index contributed by atoms with van der Waals surface area (Å²) in [5.74, 6) is 1.87. The Hall–Kier alpha value is -2.74. The van der Waals surface area contributed by atoms with Crippen LogP contribution in [0.2, 0.25) is 0 Å². The van der Waals surface area contributed by atoms with Gasteiger partial charge >= 0.3 is 0 Å². The maximum Gasteiger partial charge on any atom is 0.122 e. The monoisotopic (exact) mass is 374 g/mol. The highest BCUT2D eigenvalue weighted by Gasteiger charge is 2.04. The van der Waals surface area contributed by atoms with E-state index >= 15 is 0 Å². The maximum atomic E-state index is 6.15. The van der Waals surface area contributed by atoms with Crippen LogP contribution in [0.15, 0.2) is 78.4 Å². The number of unbranched alkanes of at least 4 members (excludes halogenated alkanes) is 2. The van der Waals surface area contributed by atoms with E-state index < -0.39 is 0 Å². The molecule has 0 radical (unpaired) electrons. The third-order valence-corrected chi connectivity index (χ3v) is 5.05. The van der Waals surface area contributed by atoms with E-state index in [1.54, 1.807) is 7.11 Å². The summed E-state index contributed by atoms with van der Waals surface area (Å²) < 4.78 is 11.6. The fourth-order valence-electron chi connectivity index (χ4n) is 3.39. The molecule has 0 heterocycles. The predicted octanol–water partition coefficient (Wildman–Crippen LogP) is 6.98. The molecule has 0 N–H and O–H groups in total. The van der Waals surface area contributed by atoms with Gasteiger partial charge in [0.15, 0.2) is 0 Å². The van der Waals surface area contributed by atoms with E-state index in [1.807, 2.05) is 12.1 Å². The molecule has 2 nitrogen and oxygen atoms in total. The van der Waals surface area contributed by atoms with Gasteiger partial charge in [0.1, 0.15) is 18.1 Å². The molecule has 2 heteroatoms. The van der Waals surface area contributed by atoms with Crippen molar-refractivity contribution in [1.29, 1.82) is 0 Å². The highest BCUT2D eigenvalue weighted by Crippen LogP contribution is 2.23. The number of rotatable bonds is 10. The van der Waals surface area contributed by atoms with Gasteiger partial charge in [0.05, 0.1) is 7.11 Å². The molecule has 0 unspecified atom stereocenters. The SMILES string of the molecule is CCCCCC(=CCc1ccccc1OC)COc1ccc2ccccc2c1. The minimum absolute atomic E-state index is 0.636. The van der Waals surface area contributed by atoms with Gasteiger partial charge in [0.2, 0.25) is 0 Å². The molecule has 0 aliphatic heterocycles. The number of allylic oxidation sites excluding steroid dienone is 1. The van der Waals surface area contributed by atoms with Crippen LogP contribution in [0.5, 0.6) is 11.5 Å². The summed E-state index contributed by atoms with van der Waals surface area (Å²) >= 11 is 0. The molecule has 0 aliphatic rings. The summed E-state index contributed by atoms with van der Waals surface area (Å²) in [6, 6.07) is 22.9. The molecule has 3 aromatic carbocycles. The van der Waals surface area contributed by atoms with E-state index in [0.29, 0.717) is 6.61 Å². The number of methoxy groups -OCH3 is 1. The van der Waals surface area contributed by atoms with Gasteiger partial charge in [0.25, 0.3) is 0 Å². The molecule has 0 saturated heterocycles. The van der Waals surface area contributed by atoms with Gasteiger partial charge < -0.3 is 9.47 Å². The molecule has 0 atom stereocenters. The summed E-state index contributed by atoms with van der Waals surface area (Å²) in [6.45, 7) is 2.88. The smallest absolute Gasteiger partial charge is 0.122 e. The van der Waals surface area contributed by atoms with Crippen LogP contribution >= 0.6 is 0 Å². The minimum atomic E-state index is 0.636. The zero-order valence-electron chi connectivity index (χ0n) is 17.0. The Kier molecular flexibility index (Phi) is 7.54. The van der Waals surface area contributed by atoms with Crippen LogP contribution < -0.4 is 9.47 Å². The molecule has 0 amide bonds. The number of ether oxygens (including phenoxy) is 2. The van der Waals surface area contributed by atoms with Gasteiger partial charge in [-0.05, 0) is 59.4 Å². The Morgan fingerprint density at radius 3 is 2.50 bits per heavy atom. The second-order valence-electron chi connectivity index (χ2n) is 7.13. The van der Waals surface area contributed by atoms with Crippen molar-refractivity contribution in [1.82, 2.24) is 0 Å². The average Bonchev–Trinajstić information content (AvgIpc) is 2.75. The van der Waals surface area contributed by atoms with Crippen molar-refractivity contribution < 1.29 is 9.47 Å². The topological polar surface area (TPSA) is 18.5 Å². The van der Waals surface area contributed by atoms with Crippen LogP contribution in [0.1, 0.15) is 38.2 Å². The third-order valence-electron chi connectivity index (χ3n) is 5.05. The lowest BCUT2D eigenvalue weighted by molar-refractivity contribution is 0.346. The van der Waals surface area contributed by atoms with Gasteiger partial charge in [-0.3, -0.25) is 0 Å². The van der Waals surface area contributed by atoms with Crippen LogP contribution in [-0.2, 0) is 6.42 Å². The second-order valence-corrected chi connectivity index (χ2v) is 7.13. The molecular formula is C26H30O2. The van der Waals surface area contributed by atoms with Crippen LogP contribution in [0, 0.1) is 0 Å². The summed E-state index contributed by atoms with van der Waals surface area (Å²) in [5.41, 5.74) is 2.57. The average molecular weight is 375 g/mol. The normalized spacial score (nSPS) is 11.6. The van der Waals surface area contributed by atoms with Gasteiger partial charge in [-0.25, -0.2) is 0 Å². The number of hydrogen-bond donors (Lipinski definition) is 0. The zero-order valence-corrected chi connectivity index (χ0v) is 17.0. The Balaban J connectivity index is 1.69. The second kappa shape index (κ2) is 10.6. The molecule has 0 saturated carbocycles. The van der Waals surface area contributed by atoms with Crippen molar-refractivity contribution >= 4 is 10.8 Å². The van der Waals surface area contributed by atoms with E-state index in [1.165, 1.54) is 41.2 Å². The van der Waals surface area contributed by atoms with Gasteiger partial charge in [-0.2, -0.15) is 0 Å². The lowest BCUT2D eigenvalue weighted by Gasteiger charge is -2.12. The van der Waals surface area contributed by atoms with Crippen molar-refractivity contribution in [2.45, 2.75) is 39.0 Å². The van der Waals surface area contributed by atoms with Crippen molar-refractivity contribution in [3.05, 3.63) is 83.9 Å². The number of fused-ring (bicyclic) bond motifs is 1. The molecule has 28 heavy (non-hydrogen) atoms. The summed E-state index contributed by atoms with van der Waals surface area (Å²) in [4.78, 5) is 0. The number of para-hydroxylation sites is 1. The van der Waals surface area contributed by atoms with Crippen LogP contribution in [-0.4, -0.2) is 13.7 Å². The van der Waals surface area contributed by atoms with Crippen LogP contribution in [0.4, 0.5) is 0 Å². The van der Waals surface area contributed by atoms with E-state index in [0.717, 1.165) is 24.3 Å². The molecule has 0 spiro atoms.